The second kappa shape index (κ2) is 6.78. The largest absolute Gasteiger partial charge is 0.378 e. The van der Waals surface area contributed by atoms with Gasteiger partial charge in [0, 0.05) is 18.7 Å². The number of hydrogen-bond donors (Lipinski definition) is 1. The summed E-state index contributed by atoms with van der Waals surface area (Å²) < 4.78 is 19.5. The number of carbonyl (C=O) groups excluding carboxylic acids is 1. The first-order valence-electron chi connectivity index (χ1n) is 8.37. The van der Waals surface area contributed by atoms with Crippen LogP contribution in [0.1, 0.15) is 50.5 Å². The number of carbonyl (C=O) groups is 1. The summed E-state index contributed by atoms with van der Waals surface area (Å²) in [5.74, 6) is -0.289. The van der Waals surface area contributed by atoms with Crippen LogP contribution in [0.2, 0.25) is 0 Å². The summed E-state index contributed by atoms with van der Waals surface area (Å²) in [5.41, 5.74) is -0.0632. The van der Waals surface area contributed by atoms with Gasteiger partial charge in [-0.1, -0.05) is 18.2 Å². The van der Waals surface area contributed by atoms with Gasteiger partial charge in [-0.25, -0.2) is 4.39 Å². The van der Waals surface area contributed by atoms with E-state index >= 15 is 0 Å². The number of ether oxygens (including phenoxy) is 1. The third-order valence-electron chi connectivity index (χ3n) is 4.84. The molecule has 22 heavy (non-hydrogen) atoms. The highest BCUT2D eigenvalue weighted by Crippen LogP contribution is 2.49. The number of rotatable bonds is 7. The second-order valence-electron chi connectivity index (χ2n) is 6.45. The molecule has 1 aromatic carbocycles. The van der Waals surface area contributed by atoms with E-state index < -0.39 is 5.41 Å². The molecule has 2 aliphatic rings. The van der Waals surface area contributed by atoms with E-state index in [2.05, 4.69) is 5.32 Å². The molecule has 0 unspecified atom stereocenters. The van der Waals surface area contributed by atoms with Crippen LogP contribution in [-0.2, 0) is 14.9 Å². The van der Waals surface area contributed by atoms with E-state index in [1.165, 1.54) is 18.9 Å². The van der Waals surface area contributed by atoms with E-state index in [4.69, 9.17) is 4.74 Å². The van der Waals surface area contributed by atoms with Crippen LogP contribution in [0, 0.1) is 5.82 Å². The quantitative estimate of drug-likeness (QED) is 0.785. The Morgan fingerprint density at radius 3 is 2.82 bits per heavy atom. The topological polar surface area (TPSA) is 38.3 Å². The Morgan fingerprint density at radius 2 is 2.14 bits per heavy atom. The summed E-state index contributed by atoms with van der Waals surface area (Å²) in [6, 6.07) is 6.63. The average molecular weight is 305 g/mol. The predicted octanol–water partition coefficient (Wildman–Crippen LogP) is 3.32. The molecule has 4 heteroatoms. The van der Waals surface area contributed by atoms with Crippen LogP contribution in [-0.4, -0.2) is 25.2 Å². The van der Waals surface area contributed by atoms with E-state index in [1.807, 2.05) is 0 Å². The van der Waals surface area contributed by atoms with Gasteiger partial charge in [0.25, 0.3) is 0 Å². The van der Waals surface area contributed by atoms with Crippen molar-refractivity contribution in [3.8, 4) is 0 Å². The maximum Gasteiger partial charge on any atom is 0.230 e. The van der Waals surface area contributed by atoms with Crippen molar-refractivity contribution in [2.45, 2.75) is 56.5 Å². The van der Waals surface area contributed by atoms with Gasteiger partial charge >= 0.3 is 0 Å². The van der Waals surface area contributed by atoms with Gasteiger partial charge in [-0.15, -0.1) is 0 Å². The van der Waals surface area contributed by atoms with E-state index in [9.17, 15) is 9.18 Å². The Kier molecular flexibility index (Phi) is 4.77. The zero-order chi connectivity index (χ0) is 15.4. The fraction of sp³-hybridized carbons (Fsp3) is 0.611. The van der Waals surface area contributed by atoms with Crippen LogP contribution >= 0.6 is 0 Å². The van der Waals surface area contributed by atoms with Crippen LogP contribution in [0.5, 0.6) is 0 Å². The molecule has 1 aromatic rings. The zero-order valence-electron chi connectivity index (χ0n) is 12.9. The van der Waals surface area contributed by atoms with Gasteiger partial charge in [-0.2, -0.15) is 0 Å². The summed E-state index contributed by atoms with van der Waals surface area (Å²) in [5, 5.41) is 2.99. The first-order valence-corrected chi connectivity index (χ1v) is 8.37. The van der Waals surface area contributed by atoms with Gasteiger partial charge in [0.15, 0.2) is 0 Å². The molecule has 1 N–H and O–H groups in total. The number of nitrogens with one attached hydrogen (secondary N) is 1. The van der Waals surface area contributed by atoms with Crippen LogP contribution in [0.15, 0.2) is 24.3 Å². The van der Waals surface area contributed by atoms with Crippen LogP contribution in [0.4, 0.5) is 4.39 Å². The fourth-order valence-corrected chi connectivity index (χ4v) is 3.33. The Hall–Kier alpha value is -1.42. The minimum absolute atomic E-state index is 0.0188. The van der Waals surface area contributed by atoms with Crippen molar-refractivity contribution in [3.05, 3.63) is 35.6 Å². The molecule has 1 aliphatic carbocycles. The Balaban J connectivity index is 1.43. The molecule has 0 radical (unpaired) electrons. The summed E-state index contributed by atoms with van der Waals surface area (Å²) in [7, 11) is 0. The summed E-state index contributed by atoms with van der Waals surface area (Å²) in [6.07, 6.45) is 7.36. The molecule has 1 atom stereocenters. The number of benzene rings is 1. The molecule has 3 rings (SSSR count). The molecule has 3 nitrogen and oxygen atoms in total. The number of amides is 1. The van der Waals surface area contributed by atoms with Gasteiger partial charge in [0.2, 0.25) is 5.91 Å². The summed E-state index contributed by atoms with van der Waals surface area (Å²) in [4.78, 5) is 12.4. The van der Waals surface area contributed by atoms with Crippen molar-refractivity contribution >= 4 is 5.91 Å². The number of unbranched alkanes of at least 4 members (excludes halogenated alkanes) is 1. The van der Waals surface area contributed by atoms with Gasteiger partial charge in [-0.3, -0.25) is 4.79 Å². The Bertz CT molecular complexity index is 522. The highest BCUT2D eigenvalue weighted by Gasteiger charge is 2.52. The van der Waals surface area contributed by atoms with Gasteiger partial charge in [0.1, 0.15) is 5.82 Å². The van der Waals surface area contributed by atoms with Gasteiger partial charge < -0.3 is 10.1 Å². The lowest BCUT2D eigenvalue weighted by molar-refractivity contribution is -0.123. The molecular formula is C18H24FNO2. The molecular weight excluding hydrogens is 281 g/mol. The average Bonchev–Trinajstić information content (AvgIpc) is 3.17. The lowest BCUT2D eigenvalue weighted by atomic mass is 9.94. The Labute approximate surface area is 131 Å². The molecule has 2 fully saturated rings. The molecule has 1 saturated heterocycles. The molecule has 0 bridgehead atoms. The second-order valence-corrected chi connectivity index (χ2v) is 6.45. The monoisotopic (exact) mass is 305 g/mol. The van der Waals surface area contributed by atoms with E-state index in [0.717, 1.165) is 38.7 Å². The van der Waals surface area contributed by atoms with Crippen LogP contribution < -0.4 is 5.32 Å². The molecule has 1 heterocycles. The van der Waals surface area contributed by atoms with Crippen LogP contribution in [0.3, 0.4) is 0 Å². The highest BCUT2D eigenvalue weighted by molar-refractivity contribution is 5.91. The molecule has 1 amide bonds. The molecule has 0 aromatic heterocycles. The standard InChI is InChI=1S/C18H24FNO2/c19-16-9-2-1-8-15(16)18(10-11-18)17(21)20-12-4-3-6-14-7-5-13-22-14/h1-2,8-9,14H,3-7,10-13H2,(H,20,21)/t14-/m0/s1. The van der Waals surface area contributed by atoms with Crippen molar-refractivity contribution in [1.82, 2.24) is 5.32 Å². The molecule has 120 valence electrons. The third-order valence-corrected chi connectivity index (χ3v) is 4.84. The predicted molar refractivity (Wildman–Crippen MR) is 83.1 cm³/mol. The smallest absolute Gasteiger partial charge is 0.230 e. The first kappa shape index (κ1) is 15.5. The van der Waals surface area contributed by atoms with E-state index in [-0.39, 0.29) is 11.7 Å². The molecule has 1 saturated carbocycles. The Morgan fingerprint density at radius 1 is 1.32 bits per heavy atom. The highest BCUT2D eigenvalue weighted by atomic mass is 19.1. The van der Waals surface area contributed by atoms with Gasteiger partial charge in [0.05, 0.1) is 11.5 Å². The fourth-order valence-electron chi connectivity index (χ4n) is 3.33. The maximum absolute atomic E-state index is 13.9. The SMILES string of the molecule is O=C(NCCCC[C@H]1CCCO1)C1(c2ccccc2F)CC1. The molecule has 0 spiro atoms. The van der Waals surface area contributed by atoms with Crippen molar-refractivity contribution in [2.24, 2.45) is 0 Å². The first-order chi connectivity index (χ1) is 10.7. The zero-order valence-corrected chi connectivity index (χ0v) is 12.9. The van der Waals surface area contributed by atoms with E-state index in [1.54, 1.807) is 18.2 Å². The lowest BCUT2D eigenvalue weighted by Crippen LogP contribution is -2.35. The van der Waals surface area contributed by atoms with Gasteiger partial charge in [-0.05, 0) is 51.0 Å². The van der Waals surface area contributed by atoms with Crippen molar-refractivity contribution in [1.29, 1.82) is 0 Å². The van der Waals surface area contributed by atoms with Crippen molar-refractivity contribution in [3.63, 3.8) is 0 Å². The minimum Gasteiger partial charge on any atom is -0.378 e. The summed E-state index contributed by atoms with van der Waals surface area (Å²) in [6.45, 7) is 1.56. The number of hydrogen-bond acceptors (Lipinski definition) is 2. The van der Waals surface area contributed by atoms with Crippen LogP contribution in [0.25, 0.3) is 0 Å². The molecule has 1 aliphatic heterocycles. The van der Waals surface area contributed by atoms with E-state index in [0.29, 0.717) is 18.2 Å². The van der Waals surface area contributed by atoms with Crippen molar-refractivity contribution in [2.75, 3.05) is 13.2 Å². The summed E-state index contributed by atoms with van der Waals surface area (Å²) >= 11 is 0. The van der Waals surface area contributed by atoms with Crippen molar-refractivity contribution < 1.29 is 13.9 Å². The maximum atomic E-state index is 13.9. The lowest BCUT2D eigenvalue weighted by Gasteiger charge is -2.16. The minimum atomic E-state index is -0.611. The number of halogens is 1. The normalized spacial score (nSPS) is 22.5. The third kappa shape index (κ3) is 3.32.